The molecule has 1 atom stereocenters. The summed E-state index contributed by atoms with van der Waals surface area (Å²) in [5.41, 5.74) is 7.81. The van der Waals surface area contributed by atoms with Crippen LogP contribution in [0.2, 0.25) is 0 Å². The second-order valence-corrected chi connectivity index (χ2v) is 6.05. The first-order chi connectivity index (χ1) is 11.6. The number of nitrogens with zero attached hydrogens (tertiary/aromatic N) is 1. The van der Waals surface area contributed by atoms with Crippen molar-refractivity contribution in [1.29, 1.82) is 0 Å². The first kappa shape index (κ1) is 16.2. The molecule has 5 nitrogen and oxygen atoms in total. The van der Waals surface area contributed by atoms with E-state index in [1.807, 2.05) is 18.2 Å². The van der Waals surface area contributed by atoms with Crippen LogP contribution in [0.15, 0.2) is 54.6 Å². The Morgan fingerprint density at radius 3 is 2.38 bits per heavy atom. The maximum Gasteiger partial charge on any atom is 0.255 e. The fourth-order valence-corrected chi connectivity index (χ4v) is 2.87. The van der Waals surface area contributed by atoms with Crippen LogP contribution < -0.4 is 11.1 Å². The second kappa shape index (κ2) is 7.27. The Morgan fingerprint density at radius 2 is 1.71 bits per heavy atom. The number of piperidine rings is 1. The number of hydrogen-bond donors (Lipinski definition) is 2. The van der Waals surface area contributed by atoms with Gasteiger partial charge in [-0.15, -0.1) is 0 Å². The van der Waals surface area contributed by atoms with Gasteiger partial charge in [-0.25, -0.2) is 0 Å². The van der Waals surface area contributed by atoms with Gasteiger partial charge in [0.2, 0.25) is 0 Å². The quantitative estimate of drug-likeness (QED) is 0.911. The molecule has 2 aromatic rings. The van der Waals surface area contributed by atoms with Gasteiger partial charge in [0.1, 0.15) is 0 Å². The molecule has 124 valence electrons. The van der Waals surface area contributed by atoms with E-state index in [2.05, 4.69) is 5.32 Å². The number of hydrogen-bond acceptors (Lipinski definition) is 3. The summed E-state index contributed by atoms with van der Waals surface area (Å²) in [6.45, 7) is 1.35. The minimum absolute atomic E-state index is 0.00825. The van der Waals surface area contributed by atoms with Gasteiger partial charge in [0.25, 0.3) is 11.8 Å². The number of benzene rings is 2. The molecule has 0 saturated carbocycles. The summed E-state index contributed by atoms with van der Waals surface area (Å²) < 4.78 is 0. The van der Waals surface area contributed by atoms with Gasteiger partial charge in [0.05, 0.1) is 0 Å². The zero-order chi connectivity index (χ0) is 16.9. The Kier molecular flexibility index (Phi) is 4.91. The van der Waals surface area contributed by atoms with E-state index in [0.29, 0.717) is 23.4 Å². The average molecular weight is 323 g/mol. The van der Waals surface area contributed by atoms with Crippen LogP contribution in [-0.4, -0.2) is 35.8 Å². The topological polar surface area (TPSA) is 75.4 Å². The van der Waals surface area contributed by atoms with Crippen molar-refractivity contribution >= 4 is 17.5 Å². The Hall–Kier alpha value is -2.66. The highest BCUT2D eigenvalue weighted by Gasteiger charge is 2.22. The fourth-order valence-electron chi connectivity index (χ4n) is 2.87. The molecule has 2 aromatic carbocycles. The normalized spacial score (nSPS) is 17.4. The Bertz CT molecular complexity index is 713. The number of nitrogens with one attached hydrogen (secondary N) is 1. The van der Waals surface area contributed by atoms with Gasteiger partial charge in [0, 0.05) is 35.9 Å². The van der Waals surface area contributed by atoms with Crippen molar-refractivity contribution in [2.75, 3.05) is 18.4 Å². The number of carbonyl (C=O) groups is 2. The molecule has 5 heteroatoms. The van der Waals surface area contributed by atoms with E-state index >= 15 is 0 Å². The molecule has 0 radical (unpaired) electrons. The van der Waals surface area contributed by atoms with Gasteiger partial charge >= 0.3 is 0 Å². The Balaban J connectivity index is 1.65. The van der Waals surface area contributed by atoms with Crippen molar-refractivity contribution in [3.05, 3.63) is 65.7 Å². The van der Waals surface area contributed by atoms with Crippen LogP contribution in [0.5, 0.6) is 0 Å². The van der Waals surface area contributed by atoms with E-state index in [4.69, 9.17) is 5.73 Å². The van der Waals surface area contributed by atoms with E-state index in [1.165, 1.54) is 0 Å². The van der Waals surface area contributed by atoms with Crippen LogP contribution in [-0.2, 0) is 0 Å². The summed E-state index contributed by atoms with van der Waals surface area (Å²) in [5, 5.41) is 2.83. The molecular formula is C19H21N3O2. The van der Waals surface area contributed by atoms with Gasteiger partial charge in [-0.2, -0.15) is 0 Å². The number of rotatable bonds is 3. The number of anilines is 1. The molecule has 3 rings (SSSR count). The maximum absolute atomic E-state index is 12.5. The molecule has 24 heavy (non-hydrogen) atoms. The molecule has 0 spiro atoms. The molecule has 1 heterocycles. The van der Waals surface area contributed by atoms with Crippen LogP contribution in [0.4, 0.5) is 5.69 Å². The molecule has 3 N–H and O–H groups in total. The Morgan fingerprint density at radius 1 is 1.00 bits per heavy atom. The minimum Gasteiger partial charge on any atom is -0.337 e. The SMILES string of the molecule is NC1CCCN(C(=O)c2ccc(NC(=O)c3ccccc3)cc2)C1. The van der Waals surface area contributed by atoms with E-state index in [1.54, 1.807) is 41.3 Å². The summed E-state index contributed by atoms with van der Waals surface area (Å²) in [5.74, 6) is -0.178. The van der Waals surface area contributed by atoms with Gasteiger partial charge in [-0.3, -0.25) is 9.59 Å². The predicted octanol–water partition coefficient (Wildman–Crippen LogP) is 2.50. The molecule has 0 bridgehead atoms. The summed E-state index contributed by atoms with van der Waals surface area (Å²) in [6.07, 6.45) is 1.91. The third-order valence-electron chi connectivity index (χ3n) is 4.17. The van der Waals surface area contributed by atoms with E-state index in [0.717, 1.165) is 19.4 Å². The van der Waals surface area contributed by atoms with E-state index in [-0.39, 0.29) is 17.9 Å². The molecule has 0 aromatic heterocycles. The molecule has 1 fully saturated rings. The number of carbonyl (C=O) groups excluding carboxylic acids is 2. The lowest BCUT2D eigenvalue weighted by molar-refractivity contribution is 0.0708. The zero-order valence-corrected chi connectivity index (χ0v) is 13.4. The Labute approximate surface area is 141 Å². The van der Waals surface area contributed by atoms with Crippen molar-refractivity contribution in [3.8, 4) is 0 Å². The first-order valence-electron chi connectivity index (χ1n) is 8.15. The molecule has 0 aliphatic carbocycles. The highest BCUT2D eigenvalue weighted by molar-refractivity contribution is 6.04. The lowest BCUT2D eigenvalue weighted by Gasteiger charge is -2.30. The molecule has 1 aliphatic heterocycles. The van der Waals surface area contributed by atoms with E-state index < -0.39 is 0 Å². The smallest absolute Gasteiger partial charge is 0.255 e. The lowest BCUT2D eigenvalue weighted by atomic mass is 10.1. The fraction of sp³-hybridized carbons (Fsp3) is 0.263. The monoisotopic (exact) mass is 323 g/mol. The number of amides is 2. The summed E-state index contributed by atoms with van der Waals surface area (Å²) >= 11 is 0. The molecular weight excluding hydrogens is 302 g/mol. The van der Waals surface area contributed by atoms with Gasteiger partial charge in [-0.1, -0.05) is 18.2 Å². The largest absolute Gasteiger partial charge is 0.337 e. The van der Waals surface area contributed by atoms with Gasteiger partial charge in [0.15, 0.2) is 0 Å². The minimum atomic E-state index is -0.170. The number of nitrogens with two attached hydrogens (primary N) is 1. The van der Waals surface area contributed by atoms with Crippen LogP contribution in [0.1, 0.15) is 33.6 Å². The van der Waals surface area contributed by atoms with Crippen molar-refractivity contribution in [1.82, 2.24) is 4.90 Å². The predicted molar refractivity (Wildman–Crippen MR) is 94.0 cm³/mol. The standard InChI is InChI=1S/C19H21N3O2/c20-16-7-4-12-22(13-16)19(24)15-8-10-17(11-9-15)21-18(23)14-5-2-1-3-6-14/h1-3,5-6,8-11,16H,4,7,12-13,20H2,(H,21,23). The van der Waals surface area contributed by atoms with Crippen LogP contribution in [0.3, 0.4) is 0 Å². The zero-order valence-electron chi connectivity index (χ0n) is 13.4. The van der Waals surface area contributed by atoms with Crippen molar-refractivity contribution in [2.45, 2.75) is 18.9 Å². The van der Waals surface area contributed by atoms with Crippen LogP contribution in [0, 0.1) is 0 Å². The second-order valence-electron chi connectivity index (χ2n) is 6.05. The maximum atomic E-state index is 12.5. The molecule has 1 aliphatic rings. The number of likely N-dealkylation sites (tertiary alicyclic amines) is 1. The third kappa shape index (κ3) is 3.81. The highest BCUT2D eigenvalue weighted by Crippen LogP contribution is 2.16. The summed E-state index contributed by atoms with van der Waals surface area (Å²) in [4.78, 5) is 26.4. The van der Waals surface area contributed by atoms with Gasteiger partial charge < -0.3 is 16.0 Å². The molecule has 2 amide bonds. The van der Waals surface area contributed by atoms with E-state index in [9.17, 15) is 9.59 Å². The highest BCUT2D eigenvalue weighted by atomic mass is 16.2. The van der Waals surface area contributed by atoms with Crippen LogP contribution in [0.25, 0.3) is 0 Å². The lowest BCUT2D eigenvalue weighted by Crippen LogP contribution is -2.45. The first-order valence-corrected chi connectivity index (χ1v) is 8.15. The molecule has 1 unspecified atom stereocenters. The molecule has 1 saturated heterocycles. The van der Waals surface area contributed by atoms with Crippen molar-refractivity contribution in [2.24, 2.45) is 5.73 Å². The van der Waals surface area contributed by atoms with Crippen molar-refractivity contribution < 1.29 is 9.59 Å². The van der Waals surface area contributed by atoms with Crippen molar-refractivity contribution in [3.63, 3.8) is 0 Å². The van der Waals surface area contributed by atoms with Gasteiger partial charge in [-0.05, 0) is 49.2 Å². The summed E-state index contributed by atoms with van der Waals surface area (Å²) in [7, 11) is 0. The van der Waals surface area contributed by atoms with Crippen LogP contribution >= 0.6 is 0 Å². The average Bonchev–Trinajstić information content (AvgIpc) is 2.62. The summed E-state index contributed by atoms with van der Waals surface area (Å²) in [6, 6.07) is 16.1. The third-order valence-corrected chi connectivity index (χ3v) is 4.17.